The van der Waals surface area contributed by atoms with Gasteiger partial charge < -0.3 is 15.5 Å². The van der Waals surface area contributed by atoms with Crippen LogP contribution in [0.3, 0.4) is 0 Å². The highest BCUT2D eigenvalue weighted by molar-refractivity contribution is 7.99. The summed E-state index contributed by atoms with van der Waals surface area (Å²) in [5.74, 6) is 1.48. The van der Waals surface area contributed by atoms with Crippen LogP contribution in [0, 0.1) is 0 Å². The zero-order chi connectivity index (χ0) is 20.2. The van der Waals surface area contributed by atoms with Gasteiger partial charge in [0.2, 0.25) is 5.91 Å². The molecule has 0 saturated heterocycles. The summed E-state index contributed by atoms with van der Waals surface area (Å²) in [5.41, 5.74) is 0. The predicted molar refractivity (Wildman–Crippen MR) is 116 cm³/mol. The van der Waals surface area contributed by atoms with Crippen LogP contribution in [-0.4, -0.2) is 66.0 Å². The van der Waals surface area contributed by atoms with E-state index in [-0.39, 0.29) is 12.5 Å². The van der Waals surface area contributed by atoms with E-state index in [1.165, 1.54) is 9.80 Å². The maximum Gasteiger partial charge on any atom is 0.243 e. The normalized spacial score (nSPS) is 11.3. The average Bonchev–Trinajstić information content (AvgIpc) is 3.20. The van der Waals surface area contributed by atoms with Crippen molar-refractivity contribution in [1.29, 1.82) is 0 Å². The van der Waals surface area contributed by atoms with Crippen molar-refractivity contribution in [3.63, 3.8) is 0 Å². The quantitative estimate of drug-likeness (QED) is 0.266. The number of rotatable bonds is 10. The largest absolute Gasteiger partial charge is 0.356 e. The number of hydrogen-bond acceptors (Lipinski definition) is 4. The Hall–Kier alpha value is -2.19. The Bertz CT molecular complexity index is 733. The number of aliphatic imine (C=N–C) groups is 1. The molecule has 1 heterocycles. The van der Waals surface area contributed by atoms with Crippen LogP contribution in [0.2, 0.25) is 5.02 Å². The molecule has 0 unspecified atom stereocenters. The second-order valence-corrected chi connectivity index (χ2v) is 7.84. The van der Waals surface area contributed by atoms with Crippen LogP contribution in [-0.2, 0) is 11.3 Å². The van der Waals surface area contributed by atoms with Crippen molar-refractivity contribution in [3.8, 4) is 0 Å². The molecule has 2 aromatic rings. The number of carbonyl (C=O) groups is 1. The molecule has 9 heteroatoms. The number of thioether (sulfide) groups is 1. The van der Waals surface area contributed by atoms with E-state index in [2.05, 4.69) is 20.7 Å². The first-order valence-electron chi connectivity index (χ1n) is 9.13. The number of halogens is 1. The van der Waals surface area contributed by atoms with E-state index in [0.717, 1.165) is 36.8 Å². The van der Waals surface area contributed by atoms with Gasteiger partial charge in [0.1, 0.15) is 6.54 Å². The number of nitrogens with one attached hydrogen (secondary N) is 2. The van der Waals surface area contributed by atoms with Crippen molar-refractivity contribution in [3.05, 3.63) is 47.7 Å². The van der Waals surface area contributed by atoms with Crippen LogP contribution in [0.1, 0.15) is 6.42 Å². The van der Waals surface area contributed by atoms with Gasteiger partial charge in [0.25, 0.3) is 0 Å². The number of nitrogens with zero attached hydrogens (tertiary/aromatic N) is 4. The van der Waals surface area contributed by atoms with Gasteiger partial charge in [-0.25, -0.2) is 4.99 Å². The lowest BCUT2D eigenvalue weighted by Gasteiger charge is -2.14. The van der Waals surface area contributed by atoms with Gasteiger partial charge in [0.15, 0.2) is 5.96 Å². The predicted octanol–water partition coefficient (Wildman–Crippen LogP) is 2.34. The van der Waals surface area contributed by atoms with Gasteiger partial charge in [-0.15, -0.1) is 11.8 Å². The summed E-state index contributed by atoms with van der Waals surface area (Å²) in [5, 5.41) is 11.5. The van der Waals surface area contributed by atoms with Crippen LogP contribution in [0.25, 0.3) is 0 Å². The number of hydrogen-bond donors (Lipinski definition) is 2. The minimum absolute atomic E-state index is 0.0341. The zero-order valence-electron chi connectivity index (χ0n) is 16.3. The summed E-state index contributed by atoms with van der Waals surface area (Å²) in [6.07, 6.45) is 4.62. The van der Waals surface area contributed by atoms with Crippen molar-refractivity contribution in [2.75, 3.05) is 39.5 Å². The summed E-state index contributed by atoms with van der Waals surface area (Å²) in [7, 11) is 3.45. The van der Waals surface area contributed by atoms with E-state index >= 15 is 0 Å². The third-order valence-corrected chi connectivity index (χ3v) is 5.03. The first-order chi connectivity index (χ1) is 13.5. The third kappa shape index (κ3) is 8.67. The summed E-state index contributed by atoms with van der Waals surface area (Å²) in [4.78, 5) is 18.9. The summed E-state index contributed by atoms with van der Waals surface area (Å²) in [6.45, 7) is 2.42. The number of amides is 1. The molecule has 0 spiro atoms. The van der Waals surface area contributed by atoms with Crippen LogP contribution >= 0.6 is 23.4 Å². The van der Waals surface area contributed by atoms with Crippen molar-refractivity contribution in [1.82, 2.24) is 25.3 Å². The number of aromatic nitrogens is 2. The Morgan fingerprint density at radius 3 is 2.68 bits per heavy atom. The molecule has 152 valence electrons. The Morgan fingerprint density at radius 2 is 2.00 bits per heavy atom. The lowest BCUT2D eigenvalue weighted by molar-refractivity contribution is -0.127. The molecular formula is C19H27ClN6OS. The summed E-state index contributed by atoms with van der Waals surface area (Å²) < 4.78 is 1.89. The van der Waals surface area contributed by atoms with Crippen molar-refractivity contribution in [2.45, 2.75) is 17.9 Å². The van der Waals surface area contributed by atoms with Gasteiger partial charge in [-0.05, 0) is 36.8 Å². The molecular weight excluding hydrogens is 396 g/mol. The van der Waals surface area contributed by atoms with Crippen molar-refractivity contribution < 1.29 is 4.79 Å². The van der Waals surface area contributed by atoms with Gasteiger partial charge in [0.05, 0.1) is 0 Å². The molecule has 0 aliphatic heterocycles. The molecule has 0 fully saturated rings. The maximum absolute atomic E-state index is 11.8. The molecule has 0 saturated carbocycles. The summed E-state index contributed by atoms with van der Waals surface area (Å²) in [6, 6.07) is 9.69. The molecule has 0 bridgehead atoms. The molecule has 0 atom stereocenters. The lowest BCUT2D eigenvalue weighted by Crippen LogP contribution is -2.40. The number of likely N-dealkylation sites (N-methyl/N-ethyl adjacent to an activating group) is 1. The third-order valence-electron chi connectivity index (χ3n) is 3.76. The van der Waals surface area contributed by atoms with Gasteiger partial charge in [-0.3, -0.25) is 9.48 Å². The monoisotopic (exact) mass is 422 g/mol. The first kappa shape index (κ1) is 22.1. The van der Waals surface area contributed by atoms with Gasteiger partial charge in [-0.1, -0.05) is 11.6 Å². The number of aryl methyl sites for hydroxylation is 1. The molecule has 2 N–H and O–H groups in total. The highest BCUT2D eigenvalue weighted by atomic mass is 35.5. The average molecular weight is 423 g/mol. The molecule has 2 rings (SSSR count). The van der Waals surface area contributed by atoms with E-state index in [1.807, 2.05) is 41.2 Å². The number of carbonyl (C=O) groups excluding carboxylic acids is 1. The van der Waals surface area contributed by atoms with Crippen molar-refractivity contribution in [2.24, 2.45) is 4.99 Å². The fourth-order valence-electron chi connectivity index (χ4n) is 2.21. The Labute approximate surface area is 175 Å². The van der Waals surface area contributed by atoms with Gasteiger partial charge in [-0.2, -0.15) is 5.10 Å². The fourth-order valence-corrected chi connectivity index (χ4v) is 3.11. The molecule has 0 radical (unpaired) electrons. The van der Waals surface area contributed by atoms with E-state index in [4.69, 9.17) is 11.6 Å². The highest BCUT2D eigenvalue weighted by Crippen LogP contribution is 2.19. The SMILES string of the molecule is CN(C)C(=O)CN=C(NCCCn1cccn1)NCCSc1ccc(Cl)cc1. The fraction of sp³-hybridized carbons (Fsp3) is 0.421. The van der Waals surface area contributed by atoms with Crippen LogP contribution in [0.15, 0.2) is 52.6 Å². The van der Waals surface area contributed by atoms with Crippen LogP contribution in [0.5, 0.6) is 0 Å². The van der Waals surface area contributed by atoms with Gasteiger partial charge >= 0.3 is 0 Å². The molecule has 0 aliphatic carbocycles. The van der Waals surface area contributed by atoms with Crippen LogP contribution < -0.4 is 10.6 Å². The minimum Gasteiger partial charge on any atom is -0.356 e. The second-order valence-electron chi connectivity index (χ2n) is 6.23. The highest BCUT2D eigenvalue weighted by Gasteiger charge is 2.04. The standard InChI is InChI=1S/C19H27ClN6OS/c1-25(2)18(27)15-23-19(21-9-3-12-26-13-4-10-24-26)22-11-14-28-17-7-5-16(20)6-8-17/h4-8,10,13H,3,9,11-12,14-15H2,1-2H3,(H2,21,22,23). The van der Waals surface area contributed by atoms with Crippen molar-refractivity contribution >= 4 is 35.2 Å². The molecule has 0 aliphatic rings. The first-order valence-corrected chi connectivity index (χ1v) is 10.5. The topological polar surface area (TPSA) is 74.5 Å². The lowest BCUT2D eigenvalue weighted by atomic mass is 10.4. The summed E-state index contributed by atoms with van der Waals surface area (Å²) >= 11 is 7.64. The Morgan fingerprint density at radius 1 is 1.25 bits per heavy atom. The van der Waals surface area contributed by atoms with Crippen LogP contribution in [0.4, 0.5) is 0 Å². The number of guanidine groups is 1. The molecule has 1 aromatic heterocycles. The molecule has 7 nitrogen and oxygen atoms in total. The van der Waals surface area contributed by atoms with E-state index in [9.17, 15) is 4.79 Å². The number of benzene rings is 1. The van der Waals surface area contributed by atoms with E-state index < -0.39 is 0 Å². The molecule has 1 aromatic carbocycles. The zero-order valence-corrected chi connectivity index (χ0v) is 17.8. The Balaban J connectivity index is 1.76. The maximum atomic E-state index is 11.8. The van der Waals surface area contributed by atoms with E-state index in [1.54, 1.807) is 32.1 Å². The molecule has 1 amide bonds. The van der Waals surface area contributed by atoms with Gasteiger partial charge in [0, 0.05) is 61.8 Å². The second kappa shape index (κ2) is 12.3. The molecule has 28 heavy (non-hydrogen) atoms. The Kier molecular flexibility index (Phi) is 9.71. The minimum atomic E-state index is -0.0341. The smallest absolute Gasteiger partial charge is 0.243 e. The van der Waals surface area contributed by atoms with E-state index in [0.29, 0.717) is 5.96 Å².